The average Bonchev–Trinajstić information content (AvgIpc) is 3.73. The molecule has 0 fully saturated rings. The first kappa shape index (κ1) is 30.7. The summed E-state index contributed by atoms with van der Waals surface area (Å²) in [5.74, 6) is 0.396. The molecule has 252 valence electrons. The monoisotopic (exact) mass is 672 g/mol. The number of rotatable bonds is 6. The van der Waals surface area contributed by atoms with Crippen LogP contribution in [0.15, 0.2) is 187 Å². The fourth-order valence-electron chi connectivity index (χ4n) is 9.50. The number of H-pyrrole nitrogens is 1. The quantitative estimate of drug-likeness (QED) is 0.191. The van der Waals surface area contributed by atoms with Gasteiger partial charge in [-0.05, 0) is 107 Å². The maximum atomic E-state index is 6.68. The molecule has 3 atom stereocenters. The standard InChI is InChI=1S/C49H40N2O/c1-33-31-36(26-28-38(33)34-15-4-2-5-16-34)51(35-17-6-3-7-18-35)37-27-29-44-42(32-37)39-19-8-10-22-43(39)49(44,47-25-12-13-30-52-47)45-23-14-21-41-40-20-9-11-24-46(40)50-48(41)45/h2-26,28,30,32-33,47,50H,27,29,31H2,1H3. The Balaban J connectivity index is 1.19. The molecule has 10 rings (SSSR count). The van der Waals surface area contributed by atoms with Gasteiger partial charge in [-0.2, -0.15) is 0 Å². The van der Waals surface area contributed by atoms with Crippen LogP contribution in [0.25, 0.3) is 33.0 Å². The highest BCUT2D eigenvalue weighted by Gasteiger charge is 2.53. The van der Waals surface area contributed by atoms with E-state index in [-0.39, 0.29) is 6.10 Å². The van der Waals surface area contributed by atoms with E-state index in [4.69, 9.17) is 4.74 Å². The van der Waals surface area contributed by atoms with Crippen LogP contribution in [0.3, 0.4) is 0 Å². The van der Waals surface area contributed by atoms with Crippen molar-refractivity contribution in [3.05, 3.63) is 209 Å². The number of aromatic nitrogens is 1. The maximum Gasteiger partial charge on any atom is 0.134 e. The third-order valence-corrected chi connectivity index (χ3v) is 11.7. The first-order valence-electron chi connectivity index (χ1n) is 18.6. The molecule has 0 radical (unpaired) electrons. The van der Waals surface area contributed by atoms with Gasteiger partial charge >= 0.3 is 0 Å². The van der Waals surface area contributed by atoms with Crippen LogP contribution in [0.1, 0.15) is 48.4 Å². The zero-order valence-electron chi connectivity index (χ0n) is 29.3. The molecule has 3 aliphatic carbocycles. The molecule has 1 aromatic heterocycles. The van der Waals surface area contributed by atoms with Crippen molar-refractivity contribution in [2.45, 2.75) is 37.7 Å². The Bertz CT molecular complexity index is 2540. The fraction of sp³-hybridized carbons (Fsp3) is 0.143. The predicted molar refractivity (Wildman–Crippen MR) is 216 cm³/mol. The molecule has 1 N–H and O–H groups in total. The molecular weight excluding hydrogens is 633 g/mol. The lowest BCUT2D eigenvalue weighted by Crippen LogP contribution is -2.42. The number of nitrogens with zero attached hydrogens (tertiary/aromatic N) is 1. The van der Waals surface area contributed by atoms with Crippen molar-refractivity contribution in [1.82, 2.24) is 4.98 Å². The van der Waals surface area contributed by atoms with Crippen molar-refractivity contribution in [3.8, 4) is 0 Å². The summed E-state index contributed by atoms with van der Waals surface area (Å²) in [6.45, 7) is 2.36. The Morgan fingerprint density at radius 2 is 1.44 bits per heavy atom. The van der Waals surface area contributed by atoms with Gasteiger partial charge in [0.05, 0.1) is 17.2 Å². The number of hydrogen-bond acceptors (Lipinski definition) is 2. The molecule has 0 amide bonds. The van der Waals surface area contributed by atoms with Gasteiger partial charge in [-0.25, -0.2) is 0 Å². The second kappa shape index (κ2) is 12.3. The van der Waals surface area contributed by atoms with E-state index in [1.165, 1.54) is 72.3 Å². The van der Waals surface area contributed by atoms with Crippen LogP contribution in [0.4, 0.5) is 5.69 Å². The van der Waals surface area contributed by atoms with E-state index in [0.717, 1.165) is 24.8 Å². The summed E-state index contributed by atoms with van der Waals surface area (Å²) in [5, 5.41) is 2.50. The third-order valence-electron chi connectivity index (χ3n) is 11.7. The molecule has 0 spiro atoms. The summed E-state index contributed by atoms with van der Waals surface area (Å²) < 4.78 is 6.68. The lowest BCUT2D eigenvalue weighted by Gasteiger charge is -2.42. The first-order valence-corrected chi connectivity index (χ1v) is 18.6. The summed E-state index contributed by atoms with van der Waals surface area (Å²) in [5.41, 5.74) is 15.0. The number of allylic oxidation sites excluding steroid dienone is 9. The molecule has 3 heteroatoms. The third kappa shape index (κ3) is 4.65. The number of aromatic amines is 1. The zero-order chi connectivity index (χ0) is 34.6. The van der Waals surface area contributed by atoms with Crippen LogP contribution >= 0.6 is 0 Å². The van der Waals surface area contributed by atoms with E-state index in [2.05, 4.69) is 175 Å². The molecular formula is C49H40N2O. The molecule has 3 unspecified atom stereocenters. The molecule has 5 aromatic carbocycles. The first-order chi connectivity index (χ1) is 25.7. The highest BCUT2D eigenvalue weighted by atomic mass is 16.5. The van der Waals surface area contributed by atoms with Crippen molar-refractivity contribution in [3.63, 3.8) is 0 Å². The number of para-hydroxylation sites is 3. The van der Waals surface area contributed by atoms with Gasteiger partial charge in [0.2, 0.25) is 0 Å². The van der Waals surface area contributed by atoms with Crippen LogP contribution in [0.2, 0.25) is 0 Å². The van der Waals surface area contributed by atoms with Gasteiger partial charge in [0.1, 0.15) is 6.10 Å². The normalized spacial score (nSPS) is 22.1. The number of benzene rings is 5. The number of nitrogens with one attached hydrogen (secondary N) is 1. The number of anilines is 1. The van der Waals surface area contributed by atoms with Gasteiger partial charge in [0.25, 0.3) is 0 Å². The van der Waals surface area contributed by atoms with E-state index in [1.54, 1.807) is 0 Å². The van der Waals surface area contributed by atoms with E-state index in [1.807, 2.05) is 12.3 Å². The molecule has 4 aliphatic rings. The van der Waals surface area contributed by atoms with Gasteiger partial charge in [0, 0.05) is 33.4 Å². The van der Waals surface area contributed by atoms with Crippen molar-refractivity contribution >= 4 is 38.6 Å². The van der Waals surface area contributed by atoms with E-state index in [9.17, 15) is 0 Å². The molecule has 0 saturated heterocycles. The van der Waals surface area contributed by atoms with Crippen LogP contribution < -0.4 is 4.90 Å². The van der Waals surface area contributed by atoms with E-state index in [0.29, 0.717) is 5.92 Å². The van der Waals surface area contributed by atoms with Crippen molar-refractivity contribution < 1.29 is 4.74 Å². The minimum Gasteiger partial charge on any atom is -0.492 e. The molecule has 0 saturated carbocycles. The maximum absolute atomic E-state index is 6.68. The fourth-order valence-corrected chi connectivity index (χ4v) is 9.50. The Morgan fingerprint density at radius 3 is 2.27 bits per heavy atom. The minimum absolute atomic E-state index is 0.202. The van der Waals surface area contributed by atoms with Crippen LogP contribution in [0.5, 0.6) is 0 Å². The summed E-state index contributed by atoms with van der Waals surface area (Å²) in [4.78, 5) is 6.41. The van der Waals surface area contributed by atoms with Gasteiger partial charge < -0.3 is 14.6 Å². The summed E-state index contributed by atoms with van der Waals surface area (Å²) in [6, 6.07) is 46.3. The largest absolute Gasteiger partial charge is 0.492 e. The molecule has 52 heavy (non-hydrogen) atoms. The average molecular weight is 673 g/mol. The lowest BCUT2D eigenvalue weighted by molar-refractivity contribution is 0.134. The van der Waals surface area contributed by atoms with Crippen LogP contribution in [-0.4, -0.2) is 11.1 Å². The van der Waals surface area contributed by atoms with E-state index < -0.39 is 5.41 Å². The van der Waals surface area contributed by atoms with Gasteiger partial charge in [-0.15, -0.1) is 0 Å². The smallest absolute Gasteiger partial charge is 0.134 e. The van der Waals surface area contributed by atoms with Crippen molar-refractivity contribution in [2.75, 3.05) is 4.90 Å². The molecule has 0 bridgehead atoms. The lowest BCUT2D eigenvalue weighted by atomic mass is 9.65. The highest BCUT2D eigenvalue weighted by Crippen LogP contribution is 2.59. The predicted octanol–water partition coefficient (Wildman–Crippen LogP) is 12.0. The van der Waals surface area contributed by atoms with Crippen molar-refractivity contribution in [1.29, 1.82) is 0 Å². The Morgan fingerprint density at radius 1 is 0.692 bits per heavy atom. The number of ether oxygens (including phenoxy) is 1. The highest BCUT2D eigenvalue weighted by molar-refractivity contribution is 6.09. The van der Waals surface area contributed by atoms with Crippen LogP contribution in [0, 0.1) is 5.92 Å². The Labute approximate surface area is 305 Å². The molecule has 6 aromatic rings. The summed E-state index contributed by atoms with van der Waals surface area (Å²) in [6.07, 6.45) is 18.1. The number of hydrogen-bond donors (Lipinski definition) is 1. The van der Waals surface area contributed by atoms with Crippen LogP contribution in [-0.2, 0) is 10.2 Å². The summed E-state index contributed by atoms with van der Waals surface area (Å²) >= 11 is 0. The van der Waals surface area contributed by atoms with Gasteiger partial charge in [-0.3, -0.25) is 0 Å². The van der Waals surface area contributed by atoms with Gasteiger partial charge in [-0.1, -0.05) is 128 Å². The SMILES string of the molecule is CC1CC(N(C2=CC3=C(CC2)C(c2cccc4c2[nH]c2ccccc24)(C2C=CC=CO2)c2ccccc23)c2ccccc2)=CC=C1c1ccccc1. The van der Waals surface area contributed by atoms with E-state index >= 15 is 0 Å². The summed E-state index contributed by atoms with van der Waals surface area (Å²) in [7, 11) is 0. The second-order valence-electron chi connectivity index (χ2n) is 14.5. The van der Waals surface area contributed by atoms with Gasteiger partial charge in [0.15, 0.2) is 0 Å². The topological polar surface area (TPSA) is 28.3 Å². The minimum atomic E-state index is -0.515. The van der Waals surface area contributed by atoms with Crippen molar-refractivity contribution in [2.24, 2.45) is 5.92 Å². The zero-order valence-corrected chi connectivity index (χ0v) is 29.3. The second-order valence-corrected chi connectivity index (χ2v) is 14.5. The molecule has 2 heterocycles. The molecule has 3 nitrogen and oxygen atoms in total. The number of fused-ring (bicyclic) bond motifs is 5. The Hall–Kier alpha value is -6.06. The Kier molecular flexibility index (Phi) is 7.28. The molecule has 1 aliphatic heterocycles.